The molecule has 0 aliphatic carbocycles. The minimum absolute atomic E-state index is 0.0582. The predicted octanol–water partition coefficient (Wildman–Crippen LogP) is 4.10. The predicted molar refractivity (Wildman–Crippen MR) is 115 cm³/mol. The van der Waals surface area contributed by atoms with E-state index in [2.05, 4.69) is 41.4 Å². The molecular weight excluding hydrogens is 364 g/mol. The standard InChI is InChI=1S/C24H32N2O3/c1-17-6-5-7-19(14-17)16-26-12-10-20(11-13-26)24(27)25-18(2)22-15-21(28-3)8-9-23(22)29-4/h5-9,14-15,18,20H,10-13,16H2,1-4H3,(H,25,27)/t18-/m1/s1. The first-order chi connectivity index (χ1) is 14.0. The lowest BCUT2D eigenvalue weighted by Gasteiger charge is -2.32. The fourth-order valence-electron chi connectivity index (χ4n) is 4.01. The highest BCUT2D eigenvalue weighted by molar-refractivity contribution is 5.79. The normalized spacial score (nSPS) is 16.3. The summed E-state index contributed by atoms with van der Waals surface area (Å²) in [5.41, 5.74) is 3.56. The van der Waals surface area contributed by atoms with Crippen molar-refractivity contribution in [3.8, 4) is 11.5 Å². The number of hydrogen-bond donors (Lipinski definition) is 1. The number of piperidine rings is 1. The lowest BCUT2D eigenvalue weighted by atomic mass is 9.94. The van der Waals surface area contributed by atoms with Crippen molar-refractivity contribution in [2.75, 3.05) is 27.3 Å². The number of methoxy groups -OCH3 is 2. The summed E-state index contributed by atoms with van der Waals surface area (Å²) < 4.78 is 10.8. The van der Waals surface area contributed by atoms with E-state index in [4.69, 9.17) is 9.47 Å². The first-order valence-corrected chi connectivity index (χ1v) is 10.3. The van der Waals surface area contributed by atoms with Crippen LogP contribution in [0.2, 0.25) is 0 Å². The van der Waals surface area contributed by atoms with E-state index in [9.17, 15) is 4.79 Å². The topological polar surface area (TPSA) is 50.8 Å². The van der Waals surface area contributed by atoms with E-state index in [0.717, 1.165) is 49.5 Å². The maximum absolute atomic E-state index is 12.8. The van der Waals surface area contributed by atoms with Crippen LogP contribution in [0.3, 0.4) is 0 Å². The summed E-state index contributed by atoms with van der Waals surface area (Å²) >= 11 is 0. The Morgan fingerprint density at radius 2 is 1.90 bits per heavy atom. The van der Waals surface area contributed by atoms with Gasteiger partial charge in [-0.2, -0.15) is 0 Å². The van der Waals surface area contributed by atoms with Crippen molar-refractivity contribution in [1.29, 1.82) is 0 Å². The van der Waals surface area contributed by atoms with Crippen molar-refractivity contribution in [1.82, 2.24) is 10.2 Å². The zero-order chi connectivity index (χ0) is 20.8. The van der Waals surface area contributed by atoms with Gasteiger partial charge in [-0.15, -0.1) is 0 Å². The molecule has 1 amide bonds. The van der Waals surface area contributed by atoms with Crippen molar-refractivity contribution in [2.45, 2.75) is 39.3 Å². The molecule has 1 aliphatic heterocycles. The molecule has 0 bridgehead atoms. The van der Waals surface area contributed by atoms with Gasteiger partial charge < -0.3 is 14.8 Å². The van der Waals surface area contributed by atoms with Crippen LogP contribution in [0.25, 0.3) is 0 Å². The molecule has 0 saturated carbocycles. The highest BCUT2D eigenvalue weighted by Crippen LogP contribution is 2.30. The molecule has 156 valence electrons. The average Bonchev–Trinajstić information content (AvgIpc) is 2.73. The monoisotopic (exact) mass is 396 g/mol. The molecule has 0 radical (unpaired) electrons. The summed E-state index contributed by atoms with van der Waals surface area (Å²) in [7, 11) is 3.28. The molecule has 0 unspecified atom stereocenters. The molecule has 0 aromatic heterocycles. The molecular formula is C24H32N2O3. The van der Waals surface area contributed by atoms with E-state index < -0.39 is 0 Å². The molecule has 5 nitrogen and oxygen atoms in total. The number of likely N-dealkylation sites (tertiary alicyclic amines) is 1. The zero-order valence-corrected chi connectivity index (χ0v) is 17.9. The Labute approximate surface area is 174 Å². The van der Waals surface area contributed by atoms with Gasteiger partial charge in [-0.25, -0.2) is 0 Å². The molecule has 0 spiro atoms. The second kappa shape index (κ2) is 9.79. The Kier molecular flexibility index (Phi) is 7.15. The van der Waals surface area contributed by atoms with E-state index in [0.29, 0.717) is 0 Å². The van der Waals surface area contributed by atoms with Gasteiger partial charge in [0.1, 0.15) is 11.5 Å². The number of rotatable bonds is 7. The second-order valence-corrected chi connectivity index (χ2v) is 7.88. The smallest absolute Gasteiger partial charge is 0.223 e. The maximum Gasteiger partial charge on any atom is 0.223 e. The third-order valence-electron chi connectivity index (χ3n) is 5.71. The van der Waals surface area contributed by atoms with Crippen LogP contribution in [0, 0.1) is 12.8 Å². The average molecular weight is 397 g/mol. The Bertz CT molecular complexity index is 829. The van der Waals surface area contributed by atoms with Gasteiger partial charge in [0, 0.05) is 18.0 Å². The minimum atomic E-state index is -0.141. The summed E-state index contributed by atoms with van der Waals surface area (Å²) in [6.07, 6.45) is 1.78. The maximum atomic E-state index is 12.8. The van der Waals surface area contributed by atoms with Crippen LogP contribution in [-0.4, -0.2) is 38.1 Å². The number of nitrogens with zero attached hydrogens (tertiary/aromatic N) is 1. The molecule has 1 fully saturated rings. The number of ether oxygens (including phenoxy) is 2. The van der Waals surface area contributed by atoms with E-state index in [1.54, 1.807) is 14.2 Å². The lowest BCUT2D eigenvalue weighted by molar-refractivity contribution is -0.127. The van der Waals surface area contributed by atoms with Crippen molar-refractivity contribution in [3.05, 3.63) is 59.2 Å². The summed E-state index contributed by atoms with van der Waals surface area (Å²) in [6.45, 7) is 6.96. The largest absolute Gasteiger partial charge is 0.497 e. The molecule has 1 heterocycles. The Morgan fingerprint density at radius 1 is 1.14 bits per heavy atom. The van der Waals surface area contributed by atoms with E-state index >= 15 is 0 Å². The second-order valence-electron chi connectivity index (χ2n) is 7.88. The Hall–Kier alpha value is -2.53. The zero-order valence-electron chi connectivity index (χ0n) is 17.9. The molecule has 1 N–H and O–H groups in total. The molecule has 3 rings (SSSR count). The molecule has 2 aromatic rings. The van der Waals surface area contributed by atoms with Gasteiger partial charge in [-0.05, 0) is 63.5 Å². The molecule has 2 aromatic carbocycles. The molecule has 1 atom stereocenters. The SMILES string of the molecule is COc1ccc(OC)c([C@@H](C)NC(=O)C2CCN(Cc3cccc(C)c3)CC2)c1. The van der Waals surface area contributed by atoms with Gasteiger partial charge in [-0.1, -0.05) is 29.8 Å². The van der Waals surface area contributed by atoms with Crippen LogP contribution in [-0.2, 0) is 11.3 Å². The summed E-state index contributed by atoms with van der Waals surface area (Å²) in [5, 5.41) is 3.17. The van der Waals surface area contributed by atoms with Crippen molar-refractivity contribution >= 4 is 5.91 Å². The highest BCUT2D eigenvalue weighted by atomic mass is 16.5. The first-order valence-electron chi connectivity index (χ1n) is 10.3. The minimum Gasteiger partial charge on any atom is -0.497 e. The van der Waals surface area contributed by atoms with Gasteiger partial charge in [-0.3, -0.25) is 9.69 Å². The van der Waals surface area contributed by atoms with Gasteiger partial charge in [0.2, 0.25) is 5.91 Å². The van der Waals surface area contributed by atoms with E-state index in [1.165, 1.54) is 11.1 Å². The lowest BCUT2D eigenvalue weighted by Crippen LogP contribution is -2.41. The number of aryl methyl sites for hydroxylation is 1. The molecule has 1 aliphatic rings. The van der Waals surface area contributed by atoms with Crippen LogP contribution in [0.5, 0.6) is 11.5 Å². The van der Waals surface area contributed by atoms with Gasteiger partial charge in [0.05, 0.1) is 20.3 Å². The summed E-state index contributed by atoms with van der Waals surface area (Å²) in [6, 6.07) is 14.2. The van der Waals surface area contributed by atoms with Crippen LogP contribution in [0.4, 0.5) is 0 Å². The third-order valence-corrected chi connectivity index (χ3v) is 5.71. The molecule has 29 heavy (non-hydrogen) atoms. The summed E-state index contributed by atoms with van der Waals surface area (Å²) in [4.78, 5) is 15.3. The van der Waals surface area contributed by atoms with Crippen molar-refractivity contribution in [2.24, 2.45) is 5.92 Å². The number of benzene rings is 2. The van der Waals surface area contributed by atoms with Crippen LogP contribution in [0.1, 0.15) is 42.5 Å². The Morgan fingerprint density at radius 3 is 2.55 bits per heavy atom. The van der Waals surface area contributed by atoms with Crippen molar-refractivity contribution in [3.63, 3.8) is 0 Å². The van der Waals surface area contributed by atoms with Gasteiger partial charge >= 0.3 is 0 Å². The fourth-order valence-corrected chi connectivity index (χ4v) is 4.01. The fraction of sp³-hybridized carbons (Fsp3) is 0.458. The van der Waals surface area contributed by atoms with E-state index in [-0.39, 0.29) is 17.9 Å². The third kappa shape index (κ3) is 5.51. The van der Waals surface area contributed by atoms with Crippen LogP contribution in [0.15, 0.2) is 42.5 Å². The Balaban J connectivity index is 1.54. The summed E-state index contributed by atoms with van der Waals surface area (Å²) in [5.74, 6) is 1.69. The van der Waals surface area contributed by atoms with Gasteiger partial charge in [0.15, 0.2) is 0 Å². The number of amides is 1. The molecule has 5 heteroatoms. The van der Waals surface area contributed by atoms with Crippen LogP contribution < -0.4 is 14.8 Å². The van der Waals surface area contributed by atoms with Crippen LogP contribution >= 0.6 is 0 Å². The number of carbonyl (C=O) groups excluding carboxylic acids is 1. The highest BCUT2D eigenvalue weighted by Gasteiger charge is 2.26. The molecule has 1 saturated heterocycles. The van der Waals surface area contributed by atoms with Gasteiger partial charge in [0.25, 0.3) is 0 Å². The number of carbonyl (C=O) groups is 1. The number of nitrogens with one attached hydrogen (secondary N) is 1. The van der Waals surface area contributed by atoms with Crippen molar-refractivity contribution < 1.29 is 14.3 Å². The van der Waals surface area contributed by atoms with E-state index in [1.807, 2.05) is 25.1 Å². The quantitative estimate of drug-likeness (QED) is 0.765. The number of hydrogen-bond acceptors (Lipinski definition) is 4. The first kappa shape index (κ1) is 21.2.